The van der Waals surface area contributed by atoms with Gasteiger partial charge in [-0.2, -0.15) is 0 Å². The SMILES string of the molecule is C=Cc1ccc(-c2cccc(-c3cc4c5c(cccc5n3)C=C4)c2)cc1. The number of aromatic nitrogens is 1. The molecule has 0 saturated carbocycles. The molecule has 3 aromatic carbocycles. The Labute approximate surface area is 153 Å². The van der Waals surface area contributed by atoms with E-state index in [4.69, 9.17) is 4.98 Å². The number of benzene rings is 3. The van der Waals surface area contributed by atoms with Crippen LogP contribution in [0.4, 0.5) is 0 Å². The van der Waals surface area contributed by atoms with E-state index in [2.05, 4.69) is 91.5 Å². The van der Waals surface area contributed by atoms with E-state index in [9.17, 15) is 0 Å². The first-order chi connectivity index (χ1) is 12.8. The summed E-state index contributed by atoms with van der Waals surface area (Å²) in [7, 11) is 0. The Kier molecular flexibility index (Phi) is 3.32. The zero-order chi connectivity index (χ0) is 17.5. The Morgan fingerprint density at radius 3 is 2.31 bits per heavy atom. The van der Waals surface area contributed by atoms with Gasteiger partial charge in [-0.3, -0.25) is 0 Å². The average Bonchev–Trinajstić information content (AvgIpc) is 3.13. The van der Waals surface area contributed by atoms with Crippen molar-refractivity contribution in [3.8, 4) is 22.4 Å². The molecule has 1 heterocycles. The van der Waals surface area contributed by atoms with Gasteiger partial charge in [0.25, 0.3) is 0 Å². The van der Waals surface area contributed by atoms with Crippen LogP contribution in [0, 0.1) is 0 Å². The van der Waals surface area contributed by atoms with Crippen LogP contribution in [0.3, 0.4) is 0 Å². The molecule has 0 fully saturated rings. The highest BCUT2D eigenvalue weighted by Crippen LogP contribution is 2.34. The monoisotopic (exact) mass is 331 g/mol. The molecule has 0 atom stereocenters. The third-order valence-corrected chi connectivity index (χ3v) is 4.98. The number of hydrogen-bond donors (Lipinski definition) is 0. The minimum Gasteiger partial charge on any atom is -0.248 e. The molecule has 26 heavy (non-hydrogen) atoms. The molecule has 122 valence electrons. The van der Waals surface area contributed by atoms with E-state index in [0.717, 1.165) is 22.3 Å². The first-order valence-corrected chi connectivity index (χ1v) is 8.77. The molecule has 5 rings (SSSR count). The molecule has 1 aromatic heterocycles. The standard InChI is InChI=1S/C25H17N/c1-2-17-9-11-18(12-10-17)20-6-3-7-21(15-20)24-16-22-14-13-19-5-4-8-23(26-24)25(19)22/h2-16H,1H2. The van der Waals surface area contributed by atoms with Crippen molar-refractivity contribution in [1.29, 1.82) is 0 Å². The molecule has 1 aliphatic carbocycles. The largest absolute Gasteiger partial charge is 0.248 e. The summed E-state index contributed by atoms with van der Waals surface area (Å²) < 4.78 is 0. The average molecular weight is 331 g/mol. The summed E-state index contributed by atoms with van der Waals surface area (Å²) in [6.07, 6.45) is 6.21. The molecule has 1 aliphatic rings. The predicted octanol–water partition coefficient (Wildman–Crippen LogP) is 6.70. The van der Waals surface area contributed by atoms with E-state index in [0.29, 0.717) is 0 Å². The summed E-state index contributed by atoms with van der Waals surface area (Å²) in [5.74, 6) is 0. The Morgan fingerprint density at radius 1 is 0.692 bits per heavy atom. The van der Waals surface area contributed by atoms with Gasteiger partial charge in [0.15, 0.2) is 0 Å². The second-order valence-electron chi connectivity index (χ2n) is 6.58. The van der Waals surface area contributed by atoms with Crippen LogP contribution in [0.25, 0.3) is 51.5 Å². The van der Waals surface area contributed by atoms with Crippen LogP contribution in [-0.4, -0.2) is 4.98 Å². The van der Waals surface area contributed by atoms with Crippen molar-refractivity contribution < 1.29 is 0 Å². The van der Waals surface area contributed by atoms with Crippen LogP contribution in [-0.2, 0) is 0 Å². The van der Waals surface area contributed by atoms with Gasteiger partial charge in [0.1, 0.15) is 0 Å². The van der Waals surface area contributed by atoms with Crippen LogP contribution in [0.1, 0.15) is 16.7 Å². The van der Waals surface area contributed by atoms with Crippen LogP contribution in [0.15, 0.2) is 79.4 Å². The molecule has 0 bridgehead atoms. The summed E-state index contributed by atoms with van der Waals surface area (Å²) in [5, 5.41) is 1.26. The van der Waals surface area contributed by atoms with Gasteiger partial charge in [-0.05, 0) is 46.0 Å². The van der Waals surface area contributed by atoms with Crippen LogP contribution < -0.4 is 0 Å². The lowest BCUT2D eigenvalue weighted by atomic mass is 9.99. The molecule has 1 heteroatoms. The molecule has 0 saturated heterocycles. The Balaban J connectivity index is 1.62. The molecular formula is C25H17N. The third kappa shape index (κ3) is 2.37. The Bertz CT molecular complexity index is 1180. The highest BCUT2D eigenvalue weighted by Gasteiger charge is 2.12. The van der Waals surface area contributed by atoms with Gasteiger partial charge in [-0.15, -0.1) is 0 Å². The number of hydrogen-bond acceptors (Lipinski definition) is 1. The van der Waals surface area contributed by atoms with E-state index in [-0.39, 0.29) is 0 Å². The lowest BCUT2D eigenvalue weighted by molar-refractivity contribution is 1.39. The normalized spacial score (nSPS) is 11.8. The van der Waals surface area contributed by atoms with Gasteiger partial charge < -0.3 is 0 Å². The van der Waals surface area contributed by atoms with Gasteiger partial charge in [0, 0.05) is 10.9 Å². The van der Waals surface area contributed by atoms with E-state index < -0.39 is 0 Å². The fraction of sp³-hybridized carbons (Fsp3) is 0. The molecule has 0 spiro atoms. The summed E-state index contributed by atoms with van der Waals surface area (Å²) in [5.41, 5.74) is 9.24. The van der Waals surface area contributed by atoms with Gasteiger partial charge >= 0.3 is 0 Å². The van der Waals surface area contributed by atoms with Crippen LogP contribution >= 0.6 is 0 Å². The van der Waals surface area contributed by atoms with Crippen molar-refractivity contribution in [2.75, 3.05) is 0 Å². The van der Waals surface area contributed by atoms with Crippen molar-refractivity contribution in [3.63, 3.8) is 0 Å². The first-order valence-electron chi connectivity index (χ1n) is 8.77. The number of pyridine rings is 1. The minimum absolute atomic E-state index is 1.01. The molecule has 0 aliphatic heterocycles. The highest BCUT2D eigenvalue weighted by atomic mass is 14.7. The minimum atomic E-state index is 1.01. The van der Waals surface area contributed by atoms with E-state index >= 15 is 0 Å². The van der Waals surface area contributed by atoms with Crippen molar-refractivity contribution in [2.24, 2.45) is 0 Å². The smallest absolute Gasteiger partial charge is 0.0721 e. The van der Waals surface area contributed by atoms with Crippen molar-refractivity contribution in [3.05, 3.63) is 96.1 Å². The van der Waals surface area contributed by atoms with E-state index in [1.807, 2.05) is 6.08 Å². The molecule has 4 aromatic rings. The summed E-state index contributed by atoms with van der Waals surface area (Å²) in [6, 6.07) is 25.6. The molecular weight excluding hydrogens is 314 g/mol. The second kappa shape index (κ2) is 5.82. The van der Waals surface area contributed by atoms with Gasteiger partial charge in [-0.25, -0.2) is 4.98 Å². The van der Waals surface area contributed by atoms with Gasteiger partial charge in [0.05, 0.1) is 11.2 Å². The highest BCUT2D eigenvalue weighted by molar-refractivity contribution is 6.04. The fourth-order valence-corrected chi connectivity index (χ4v) is 3.61. The van der Waals surface area contributed by atoms with Gasteiger partial charge in [-0.1, -0.05) is 79.4 Å². The maximum Gasteiger partial charge on any atom is 0.0721 e. The molecule has 0 radical (unpaired) electrons. The molecule has 0 amide bonds. The lowest BCUT2D eigenvalue weighted by Gasteiger charge is -2.09. The van der Waals surface area contributed by atoms with Gasteiger partial charge in [0.2, 0.25) is 0 Å². The van der Waals surface area contributed by atoms with Crippen LogP contribution in [0.2, 0.25) is 0 Å². The second-order valence-corrected chi connectivity index (χ2v) is 6.58. The lowest BCUT2D eigenvalue weighted by Crippen LogP contribution is -1.89. The fourth-order valence-electron chi connectivity index (χ4n) is 3.61. The zero-order valence-electron chi connectivity index (χ0n) is 14.3. The maximum absolute atomic E-state index is 4.92. The predicted molar refractivity (Wildman–Crippen MR) is 112 cm³/mol. The van der Waals surface area contributed by atoms with E-state index in [1.54, 1.807) is 0 Å². The summed E-state index contributed by atoms with van der Waals surface area (Å²) in [6.45, 7) is 3.82. The topological polar surface area (TPSA) is 12.9 Å². The number of nitrogens with zero attached hydrogens (tertiary/aromatic N) is 1. The number of rotatable bonds is 3. The van der Waals surface area contributed by atoms with E-state index in [1.165, 1.54) is 27.6 Å². The Hall–Kier alpha value is -3.45. The Morgan fingerprint density at radius 2 is 1.46 bits per heavy atom. The van der Waals surface area contributed by atoms with Crippen molar-refractivity contribution >= 4 is 29.1 Å². The first kappa shape index (κ1) is 14.9. The quantitative estimate of drug-likeness (QED) is 0.358. The molecule has 0 N–H and O–H groups in total. The molecule has 1 nitrogen and oxygen atoms in total. The van der Waals surface area contributed by atoms with Crippen molar-refractivity contribution in [2.45, 2.75) is 0 Å². The van der Waals surface area contributed by atoms with Crippen molar-refractivity contribution in [1.82, 2.24) is 4.98 Å². The summed E-state index contributed by atoms with van der Waals surface area (Å²) >= 11 is 0. The zero-order valence-corrected chi connectivity index (χ0v) is 14.3. The third-order valence-electron chi connectivity index (χ3n) is 4.98. The van der Waals surface area contributed by atoms with Crippen LogP contribution in [0.5, 0.6) is 0 Å². The molecule has 0 unspecified atom stereocenters. The maximum atomic E-state index is 4.92. The summed E-state index contributed by atoms with van der Waals surface area (Å²) in [4.78, 5) is 4.92.